The second-order valence-electron chi connectivity index (χ2n) is 3.78. The Morgan fingerprint density at radius 2 is 2.06 bits per heavy atom. The van der Waals surface area contributed by atoms with Crippen LogP contribution in [-0.4, -0.2) is 8.75 Å². The summed E-state index contributed by atoms with van der Waals surface area (Å²) in [4.78, 5) is 0.838. The van der Waals surface area contributed by atoms with E-state index in [1.165, 1.54) is 11.7 Å². The molecule has 86 valence electrons. The van der Waals surface area contributed by atoms with Crippen LogP contribution in [0.5, 0.6) is 0 Å². The van der Waals surface area contributed by atoms with Gasteiger partial charge < -0.3 is 0 Å². The van der Waals surface area contributed by atoms with Crippen LogP contribution in [0, 0.1) is 11.3 Å². The molecule has 0 N–H and O–H groups in total. The van der Waals surface area contributed by atoms with E-state index in [-0.39, 0.29) is 0 Å². The molecule has 0 aliphatic heterocycles. The van der Waals surface area contributed by atoms with E-state index in [1.807, 2.05) is 30.3 Å². The molecular formula is C13H7N3S2. The molecule has 1 heterocycles. The standard InChI is InChI=1S/C13H7N3S2/c14-7-8-2-1-3-9(6-8)12-11(17)5-4-10-13(12)16-18-15-10/h1-6,17H. The third-order valence-corrected chi connectivity index (χ3v) is 3.60. The van der Waals surface area contributed by atoms with Gasteiger partial charge in [0.1, 0.15) is 11.0 Å². The first-order valence-electron chi connectivity index (χ1n) is 5.24. The fourth-order valence-corrected chi connectivity index (χ4v) is 2.72. The molecule has 2 aromatic carbocycles. The van der Waals surface area contributed by atoms with Crippen molar-refractivity contribution < 1.29 is 0 Å². The maximum Gasteiger partial charge on any atom is 0.113 e. The Bertz CT molecular complexity index is 771. The van der Waals surface area contributed by atoms with Gasteiger partial charge >= 0.3 is 0 Å². The Hall–Kier alpha value is -1.90. The summed E-state index contributed by atoms with van der Waals surface area (Å²) in [5.74, 6) is 0. The van der Waals surface area contributed by atoms with Crippen molar-refractivity contribution in [1.82, 2.24) is 8.75 Å². The van der Waals surface area contributed by atoms with Crippen LogP contribution in [0.4, 0.5) is 0 Å². The highest BCUT2D eigenvalue weighted by atomic mass is 32.1. The quantitative estimate of drug-likeness (QED) is 0.688. The average molecular weight is 269 g/mol. The predicted molar refractivity (Wildman–Crippen MR) is 74.8 cm³/mol. The van der Waals surface area contributed by atoms with Gasteiger partial charge in [-0.15, -0.1) is 12.6 Å². The molecule has 3 nitrogen and oxygen atoms in total. The lowest BCUT2D eigenvalue weighted by atomic mass is 10.0. The third kappa shape index (κ3) is 1.76. The van der Waals surface area contributed by atoms with E-state index in [9.17, 15) is 0 Å². The first-order valence-corrected chi connectivity index (χ1v) is 6.42. The van der Waals surface area contributed by atoms with Gasteiger partial charge in [-0.25, -0.2) is 0 Å². The minimum Gasteiger partial charge on any atom is -0.192 e. The number of fused-ring (bicyclic) bond motifs is 1. The van der Waals surface area contributed by atoms with Crippen molar-refractivity contribution in [3.05, 3.63) is 42.0 Å². The van der Waals surface area contributed by atoms with E-state index in [4.69, 9.17) is 5.26 Å². The molecule has 0 amide bonds. The Balaban J connectivity index is 2.33. The van der Waals surface area contributed by atoms with Crippen LogP contribution in [0.3, 0.4) is 0 Å². The molecule has 3 rings (SSSR count). The molecule has 0 saturated carbocycles. The summed E-state index contributed by atoms with van der Waals surface area (Å²) in [6, 6.07) is 13.4. The highest BCUT2D eigenvalue weighted by Gasteiger charge is 2.11. The van der Waals surface area contributed by atoms with Gasteiger partial charge in [0.05, 0.1) is 23.4 Å². The normalized spacial score (nSPS) is 10.4. The van der Waals surface area contributed by atoms with Crippen LogP contribution >= 0.6 is 24.4 Å². The van der Waals surface area contributed by atoms with Crippen LogP contribution in [0.15, 0.2) is 41.3 Å². The highest BCUT2D eigenvalue weighted by molar-refractivity contribution is 7.80. The molecule has 3 aromatic rings. The molecule has 5 heteroatoms. The number of benzene rings is 2. The number of thiol groups is 1. The van der Waals surface area contributed by atoms with Gasteiger partial charge in [0.2, 0.25) is 0 Å². The molecule has 0 fully saturated rings. The number of aromatic nitrogens is 2. The van der Waals surface area contributed by atoms with Crippen LogP contribution in [0.25, 0.3) is 22.2 Å². The SMILES string of the molecule is N#Cc1cccc(-c2c(S)ccc3nsnc23)c1. The summed E-state index contributed by atoms with van der Waals surface area (Å²) in [6.07, 6.45) is 0. The smallest absolute Gasteiger partial charge is 0.113 e. The van der Waals surface area contributed by atoms with Gasteiger partial charge in [-0.3, -0.25) is 0 Å². The number of rotatable bonds is 1. The molecule has 0 aliphatic carbocycles. The number of nitriles is 1. The van der Waals surface area contributed by atoms with Crippen molar-refractivity contribution in [1.29, 1.82) is 5.26 Å². The van der Waals surface area contributed by atoms with Crippen molar-refractivity contribution in [3.8, 4) is 17.2 Å². The van der Waals surface area contributed by atoms with Crippen molar-refractivity contribution in [2.24, 2.45) is 0 Å². The lowest BCUT2D eigenvalue weighted by Gasteiger charge is -2.06. The first-order chi connectivity index (χ1) is 8.79. The third-order valence-electron chi connectivity index (χ3n) is 2.69. The summed E-state index contributed by atoms with van der Waals surface area (Å²) in [5.41, 5.74) is 4.19. The zero-order chi connectivity index (χ0) is 12.5. The van der Waals surface area contributed by atoms with E-state index in [2.05, 4.69) is 27.4 Å². The van der Waals surface area contributed by atoms with Gasteiger partial charge in [0.25, 0.3) is 0 Å². The monoisotopic (exact) mass is 269 g/mol. The molecule has 0 atom stereocenters. The molecule has 0 bridgehead atoms. The zero-order valence-electron chi connectivity index (χ0n) is 9.16. The summed E-state index contributed by atoms with van der Waals surface area (Å²) >= 11 is 5.66. The largest absolute Gasteiger partial charge is 0.192 e. The molecule has 18 heavy (non-hydrogen) atoms. The minimum atomic E-state index is 0.625. The van der Waals surface area contributed by atoms with E-state index >= 15 is 0 Å². The van der Waals surface area contributed by atoms with E-state index in [1.54, 1.807) is 6.07 Å². The number of nitrogens with zero attached hydrogens (tertiary/aromatic N) is 3. The lowest BCUT2D eigenvalue weighted by Crippen LogP contribution is -1.85. The average Bonchev–Trinajstić information content (AvgIpc) is 2.87. The molecule has 0 saturated heterocycles. The summed E-state index contributed by atoms with van der Waals surface area (Å²) < 4.78 is 8.53. The summed E-state index contributed by atoms with van der Waals surface area (Å²) in [6.45, 7) is 0. The van der Waals surface area contributed by atoms with Crippen molar-refractivity contribution in [2.75, 3.05) is 0 Å². The van der Waals surface area contributed by atoms with Crippen LogP contribution < -0.4 is 0 Å². The van der Waals surface area contributed by atoms with Crippen molar-refractivity contribution in [2.45, 2.75) is 4.90 Å². The Morgan fingerprint density at radius 1 is 1.17 bits per heavy atom. The zero-order valence-corrected chi connectivity index (χ0v) is 10.9. The van der Waals surface area contributed by atoms with Crippen molar-refractivity contribution >= 4 is 35.4 Å². The fraction of sp³-hybridized carbons (Fsp3) is 0. The number of hydrogen-bond acceptors (Lipinski definition) is 5. The second-order valence-corrected chi connectivity index (χ2v) is 4.79. The molecule has 0 spiro atoms. The van der Waals surface area contributed by atoms with Gasteiger partial charge in [0, 0.05) is 10.5 Å². The van der Waals surface area contributed by atoms with Crippen molar-refractivity contribution in [3.63, 3.8) is 0 Å². The topological polar surface area (TPSA) is 49.6 Å². The van der Waals surface area contributed by atoms with Crippen LogP contribution in [0.2, 0.25) is 0 Å². The summed E-state index contributed by atoms with van der Waals surface area (Å²) in [7, 11) is 0. The van der Waals surface area contributed by atoms with Gasteiger partial charge in [-0.2, -0.15) is 14.0 Å². The fourth-order valence-electron chi connectivity index (χ4n) is 1.87. The van der Waals surface area contributed by atoms with E-state index < -0.39 is 0 Å². The predicted octanol–water partition coefficient (Wildman–Crippen LogP) is 3.52. The maximum atomic E-state index is 8.96. The van der Waals surface area contributed by atoms with E-state index in [0.717, 1.165) is 27.1 Å². The van der Waals surface area contributed by atoms with E-state index in [0.29, 0.717) is 5.56 Å². The molecule has 1 aromatic heterocycles. The lowest BCUT2D eigenvalue weighted by molar-refractivity contribution is 1.45. The Labute approximate surface area is 113 Å². The van der Waals surface area contributed by atoms with Gasteiger partial charge in [-0.05, 0) is 29.8 Å². The van der Waals surface area contributed by atoms with Gasteiger partial charge in [-0.1, -0.05) is 12.1 Å². The summed E-state index contributed by atoms with van der Waals surface area (Å²) in [5, 5.41) is 8.96. The van der Waals surface area contributed by atoms with Crippen LogP contribution in [-0.2, 0) is 0 Å². The first kappa shape index (κ1) is 11.2. The molecule has 0 aliphatic rings. The number of hydrogen-bond donors (Lipinski definition) is 1. The molecule has 0 unspecified atom stereocenters. The van der Waals surface area contributed by atoms with Crippen LogP contribution in [0.1, 0.15) is 5.56 Å². The maximum absolute atomic E-state index is 8.96. The Morgan fingerprint density at radius 3 is 2.89 bits per heavy atom. The minimum absolute atomic E-state index is 0.625. The Kier molecular flexibility index (Phi) is 2.74. The molecular weight excluding hydrogens is 262 g/mol. The molecule has 0 radical (unpaired) electrons. The van der Waals surface area contributed by atoms with Gasteiger partial charge in [0.15, 0.2) is 0 Å². The second kappa shape index (κ2) is 4.41. The highest BCUT2D eigenvalue weighted by Crippen LogP contribution is 2.33.